The van der Waals surface area contributed by atoms with Crippen LogP contribution in [0.5, 0.6) is 0 Å². The molecule has 0 spiro atoms. The van der Waals surface area contributed by atoms with Gasteiger partial charge in [-0.2, -0.15) is 0 Å². The van der Waals surface area contributed by atoms with Crippen molar-refractivity contribution >= 4 is 13.7 Å². The van der Waals surface area contributed by atoms with E-state index in [9.17, 15) is 19.4 Å². The third-order valence-electron chi connectivity index (χ3n) is 8.70. The molecule has 0 saturated heterocycles. The van der Waals surface area contributed by atoms with E-state index in [2.05, 4.69) is 43.5 Å². The summed E-state index contributed by atoms with van der Waals surface area (Å²) in [6.07, 6.45) is 34.9. The van der Waals surface area contributed by atoms with Crippen LogP contribution in [0.4, 0.5) is 0 Å². The summed E-state index contributed by atoms with van der Waals surface area (Å²) in [7, 11) is 1.60. The minimum absolute atomic E-state index is 0.0728. The number of rotatable bonds is 35. The van der Waals surface area contributed by atoms with Crippen molar-refractivity contribution in [3.8, 4) is 0 Å². The van der Waals surface area contributed by atoms with Gasteiger partial charge in [0.25, 0.3) is 0 Å². The van der Waals surface area contributed by atoms with E-state index in [1.165, 1.54) is 89.9 Å². The highest BCUT2D eigenvalue weighted by molar-refractivity contribution is 7.47. The van der Waals surface area contributed by atoms with Gasteiger partial charge >= 0.3 is 7.82 Å². The van der Waals surface area contributed by atoms with Gasteiger partial charge in [-0.15, -0.1) is 0 Å². The number of hydrogen-bond donors (Lipinski definition) is 3. The summed E-state index contributed by atoms with van der Waals surface area (Å²) >= 11 is 0. The Bertz CT molecular complexity index is 845. The van der Waals surface area contributed by atoms with Crippen molar-refractivity contribution in [2.45, 2.75) is 180 Å². The maximum atomic E-state index is 12.8. The first-order chi connectivity index (χ1) is 23.0. The lowest BCUT2D eigenvalue weighted by molar-refractivity contribution is -0.870. The lowest BCUT2D eigenvalue weighted by atomic mass is 10.0. The molecular weight excluding hydrogens is 623 g/mol. The average Bonchev–Trinajstić information content (AvgIpc) is 3.02. The highest BCUT2D eigenvalue weighted by Crippen LogP contribution is 2.43. The van der Waals surface area contributed by atoms with Crippen LogP contribution in [0.3, 0.4) is 0 Å². The summed E-state index contributed by atoms with van der Waals surface area (Å²) in [5.41, 5.74) is 0. The van der Waals surface area contributed by atoms with Crippen molar-refractivity contribution in [3.63, 3.8) is 0 Å². The summed E-state index contributed by atoms with van der Waals surface area (Å²) in [5.74, 6) is -0.157. The molecule has 48 heavy (non-hydrogen) atoms. The minimum Gasteiger partial charge on any atom is -0.391 e. The number of nitrogens with zero attached hydrogens (tertiary/aromatic N) is 1. The number of aliphatic hydroxyl groups is 1. The maximum Gasteiger partial charge on any atom is 0.472 e. The molecule has 0 bridgehead atoms. The number of allylic oxidation sites excluding steroid dienone is 4. The van der Waals surface area contributed by atoms with Gasteiger partial charge in [0.05, 0.1) is 39.9 Å². The van der Waals surface area contributed by atoms with Crippen LogP contribution in [-0.4, -0.2) is 73.4 Å². The highest BCUT2D eigenvalue weighted by atomic mass is 31.2. The molecule has 0 aliphatic rings. The molecule has 0 heterocycles. The number of unbranched alkanes of at least 4 members (excludes halogenated alkanes) is 18. The Morgan fingerprint density at radius 2 is 1.19 bits per heavy atom. The zero-order valence-corrected chi connectivity index (χ0v) is 32.9. The minimum atomic E-state index is -4.30. The van der Waals surface area contributed by atoms with Crippen LogP contribution in [0.15, 0.2) is 24.3 Å². The number of quaternary nitrogens is 1. The van der Waals surface area contributed by atoms with E-state index in [1.807, 2.05) is 21.1 Å². The predicted molar refractivity (Wildman–Crippen MR) is 203 cm³/mol. The molecule has 0 aromatic heterocycles. The van der Waals surface area contributed by atoms with Gasteiger partial charge in [-0.1, -0.05) is 141 Å². The van der Waals surface area contributed by atoms with Crippen LogP contribution < -0.4 is 5.32 Å². The number of carbonyl (C=O) groups excluding carboxylic acids is 1. The van der Waals surface area contributed by atoms with Crippen molar-refractivity contribution in [3.05, 3.63) is 24.3 Å². The molecule has 0 radical (unpaired) electrons. The van der Waals surface area contributed by atoms with Gasteiger partial charge in [-0.3, -0.25) is 13.8 Å². The number of carbonyl (C=O) groups is 1. The SMILES string of the molecule is CCCCCC/C=C\C/C=C\CCCCCCCCCC(=O)NC(COP(=O)(O)OCC[N+](C)(C)C)C(O)CCCCCCCCCC. The summed E-state index contributed by atoms with van der Waals surface area (Å²) in [4.78, 5) is 23.0. The summed E-state index contributed by atoms with van der Waals surface area (Å²) in [6.45, 7) is 4.81. The zero-order valence-electron chi connectivity index (χ0n) is 32.0. The Kier molecular flexibility index (Phi) is 31.2. The van der Waals surface area contributed by atoms with Gasteiger partial charge < -0.3 is 19.8 Å². The molecule has 0 fully saturated rings. The fourth-order valence-corrected chi connectivity index (χ4v) is 6.22. The highest BCUT2D eigenvalue weighted by Gasteiger charge is 2.28. The second kappa shape index (κ2) is 31.9. The Hall–Kier alpha value is -1.02. The first kappa shape index (κ1) is 47.0. The van der Waals surface area contributed by atoms with Gasteiger partial charge in [-0.05, 0) is 44.9 Å². The predicted octanol–water partition coefficient (Wildman–Crippen LogP) is 10.2. The molecule has 0 aromatic carbocycles. The number of phosphoric ester groups is 1. The van der Waals surface area contributed by atoms with Gasteiger partial charge in [0.2, 0.25) is 5.91 Å². The molecule has 0 saturated carbocycles. The lowest BCUT2D eigenvalue weighted by Gasteiger charge is -2.26. The Morgan fingerprint density at radius 3 is 1.73 bits per heavy atom. The fourth-order valence-electron chi connectivity index (χ4n) is 5.49. The molecule has 284 valence electrons. The monoisotopic (exact) mass is 702 g/mol. The molecule has 3 N–H and O–H groups in total. The van der Waals surface area contributed by atoms with Gasteiger partial charge in [0.15, 0.2) is 0 Å². The third-order valence-corrected chi connectivity index (χ3v) is 9.69. The van der Waals surface area contributed by atoms with E-state index in [-0.39, 0.29) is 19.1 Å². The Morgan fingerprint density at radius 1 is 0.708 bits per heavy atom. The Balaban J connectivity index is 4.34. The van der Waals surface area contributed by atoms with Crippen LogP contribution >= 0.6 is 7.82 Å². The first-order valence-corrected chi connectivity index (χ1v) is 21.2. The summed E-state index contributed by atoms with van der Waals surface area (Å²) in [6, 6.07) is -0.759. The van der Waals surface area contributed by atoms with Crippen LogP contribution in [0.25, 0.3) is 0 Å². The molecule has 1 amide bonds. The second-order valence-corrected chi connectivity index (χ2v) is 16.1. The summed E-state index contributed by atoms with van der Waals surface area (Å²) < 4.78 is 23.5. The normalized spacial score (nSPS) is 14.9. The van der Waals surface area contributed by atoms with Crippen molar-refractivity contribution in [2.24, 2.45) is 0 Å². The maximum absolute atomic E-state index is 12.8. The van der Waals surface area contributed by atoms with E-state index in [0.717, 1.165) is 51.4 Å². The largest absolute Gasteiger partial charge is 0.472 e. The first-order valence-electron chi connectivity index (χ1n) is 19.7. The molecule has 9 heteroatoms. The van der Waals surface area contributed by atoms with E-state index in [4.69, 9.17) is 9.05 Å². The van der Waals surface area contributed by atoms with Crippen molar-refractivity contribution in [1.29, 1.82) is 0 Å². The number of phosphoric acid groups is 1. The number of nitrogens with one attached hydrogen (secondary N) is 1. The molecule has 0 aliphatic carbocycles. The van der Waals surface area contributed by atoms with Crippen molar-refractivity contribution in [1.82, 2.24) is 5.32 Å². The fraction of sp³-hybridized carbons (Fsp3) is 0.872. The van der Waals surface area contributed by atoms with Crippen LogP contribution in [0, 0.1) is 0 Å². The summed E-state index contributed by atoms with van der Waals surface area (Å²) in [5, 5.41) is 13.8. The zero-order chi connectivity index (χ0) is 35.8. The number of amides is 1. The average molecular weight is 702 g/mol. The molecule has 0 aliphatic heterocycles. The quantitative estimate of drug-likeness (QED) is 0.0263. The van der Waals surface area contributed by atoms with E-state index in [0.29, 0.717) is 23.9 Å². The van der Waals surface area contributed by atoms with E-state index in [1.54, 1.807) is 0 Å². The topological polar surface area (TPSA) is 105 Å². The molecule has 8 nitrogen and oxygen atoms in total. The molecule has 0 rings (SSSR count). The lowest BCUT2D eigenvalue weighted by Crippen LogP contribution is -2.46. The standard InChI is InChI=1S/C39H77N2O6P/c1-6-8-10-12-14-16-17-18-19-20-21-22-23-24-25-27-29-31-33-39(43)40-37(36-47-48(44,45)46-35-34-41(3,4)5)38(42)32-30-28-26-15-13-11-9-7-2/h16-17,19-20,37-38,42H,6-15,18,21-36H2,1-5H3,(H-,40,43,44,45)/p+1/b17-16-,20-19-. The van der Waals surface area contributed by atoms with Crippen molar-refractivity contribution < 1.29 is 32.9 Å². The number of likely N-dealkylation sites (N-methyl/N-ethyl adjacent to an activating group) is 1. The van der Waals surface area contributed by atoms with Gasteiger partial charge in [-0.25, -0.2) is 4.57 Å². The van der Waals surface area contributed by atoms with Crippen LogP contribution in [-0.2, 0) is 18.4 Å². The Labute approximate surface area is 296 Å². The van der Waals surface area contributed by atoms with Gasteiger partial charge in [0.1, 0.15) is 13.2 Å². The van der Waals surface area contributed by atoms with Crippen molar-refractivity contribution in [2.75, 3.05) is 40.9 Å². The molecule has 3 atom stereocenters. The van der Waals surface area contributed by atoms with E-state index < -0.39 is 20.0 Å². The molecule has 0 aromatic rings. The van der Waals surface area contributed by atoms with Gasteiger partial charge in [0, 0.05) is 6.42 Å². The van der Waals surface area contributed by atoms with Crippen LogP contribution in [0.2, 0.25) is 0 Å². The molecular formula is C39H78N2O6P+. The smallest absolute Gasteiger partial charge is 0.391 e. The third kappa shape index (κ3) is 33.5. The molecule has 3 unspecified atom stereocenters. The number of aliphatic hydroxyl groups excluding tert-OH is 1. The van der Waals surface area contributed by atoms with E-state index >= 15 is 0 Å². The van der Waals surface area contributed by atoms with Crippen LogP contribution in [0.1, 0.15) is 168 Å². The number of hydrogen-bond acceptors (Lipinski definition) is 5. The second-order valence-electron chi connectivity index (χ2n) is 14.7.